The molecule has 6 heteroatoms. The molecule has 1 aromatic carbocycles. The van der Waals surface area contributed by atoms with E-state index in [1.807, 2.05) is 24.4 Å². The van der Waals surface area contributed by atoms with Gasteiger partial charge in [0.2, 0.25) is 0 Å². The Morgan fingerprint density at radius 2 is 2.20 bits per heavy atom. The highest BCUT2D eigenvalue weighted by molar-refractivity contribution is 7.11. The Balaban J connectivity index is 2.21. The van der Waals surface area contributed by atoms with Crippen molar-refractivity contribution in [1.29, 1.82) is 0 Å². The standard InChI is InChI=1S/C14H13Cl2N3S/c1-8-7-17-14(20-8)9(2)19-11-5-3-4-10(16)13(11)18-12(19)6-15/h3-5,7,9H,6H2,1-2H3. The summed E-state index contributed by atoms with van der Waals surface area (Å²) in [6.45, 7) is 4.16. The average molecular weight is 326 g/mol. The zero-order valence-electron chi connectivity index (χ0n) is 11.1. The highest BCUT2D eigenvalue weighted by atomic mass is 35.5. The molecule has 2 heterocycles. The van der Waals surface area contributed by atoms with Gasteiger partial charge in [-0.15, -0.1) is 22.9 Å². The number of alkyl halides is 1. The van der Waals surface area contributed by atoms with E-state index in [-0.39, 0.29) is 6.04 Å². The van der Waals surface area contributed by atoms with Crippen LogP contribution in [-0.2, 0) is 5.88 Å². The molecule has 0 fully saturated rings. The van der Waals surface area contributed by atoms with Gasteiger partial charge in [-0.3, -0.25) is 0 Å². The third-order valence-electron chi connectivity index (χ3n) is 3.25. The number of para-hydroxylation sites is 1. The van der Waals surface area contributed by atoms with Crippen molar-refractivity contribution in [3.05, 3.63) is 45.1 Å². The number of halogens is 2. The molecule has 3 aromatic rings. The summed E-state index contributed by atoms with van der Waals surface area (Å²) in [4.78, 5) is 10.2. The maximum absolute atomic E-state index is 6.22. The van der Waals surface area contributed by atoms with Crippen LogP contribution in [0.1, 0.15) is 28.7 Å². The second kappa shape index (κ2) is 5.35. The smallest absolute Gasteiger partial charge is 0.125 e. The van der Waals surface area contributed by atoms with E-state index in [2.05, 4.69) is 28.4 Å². The SMILES string of the molecule is Cc1cnc(C(C)n2c(CCl)nc3c(Cl)cccc32)s1. The number of fused-ring (bicyclic) bond motifs is 1. The van der Waals surface area contributed by atoms with Gasteiger partial charge in [0.1, 0.15) is 16.3 Å². The van der Waals surface area contributed by atoms with Crippen molar-refractivity contribution in [1.82, 2.24) is 14.5 Å². The number of aromatic nitrogens is 3. The fourth-order valence-electron chi connectivity index (χ4n) is 2.33. The largest absolute Gasteiger partial charge is 0.317 e. The molecule has 0 N–H and O–H groups in total. The molecule has 3 rings (SSSR count). The first-order chi connectivity index (χ1) is 9.61. The van der Waals surface area contributed by atoms with Crippen LogP contribution in [0.15, 0.2) is 24.4 Å². The third-order valence-corrected chi connectivity index (χ3v) is 4.87. The zero-order chi connectivity index (χ0) is 14.3. The molecule has 0 aliphatic heterocycles. The van der Waals surface area contributed by atoms with E-state index < -0.39 is 0 Å². The predicted octanol–water partition coefficient (Wildman–Crippen LogP) is 4.80. The maximum Gasteiger partial charge on any atom is 0.125 e. The van der Waals surface area contributed by atoms with Crippen molar-refractivity contribution in [2.45, 2.75) is 25.8 Å². The Kier molecular flexibility index (Phi) is 3.71. The van der Waals surface area contributed by atoms with E-state index in [1.54, 1.807) is 11.3 Å². The molecule has 2 aromatic heterocycles. The fourth-order valence-corrected chi connectivity index (χ4v) is 3.55. The Hall–Kier alpha value is -1.10. The molecule has 0 bridgehead atoms. The van der Waals surface area contributed by atoms with Crippen LogP contribution in [0.5, 0.6) is 0 Å². The number of aryl methyl sites for hydroxylation is 1. The predicted molar refractivity (Wildman–Crippen MR) is 85.0 cm³/mol. The van der Waals surface area contributed by atoms with Gasteiger partial charge < -0.3 is 4.57 Å². The summed E-state index contributed by atoms with van der Waals surface area (Å²) in [5.41, 5.74) is 1.79. The summed E-state index contributed by atoms with van der Waals surface area (Å²) >= 11 is 14.0. The Morgan fingerprint density at radius 3 is 2.85 bits per heavy atom. The number of hydrogen-bond donors (Lipinski definition) is 0. The summed E-state index contributed by atoms with van der Waals surface area (Å²) in [6, 6.07) is 5.88. The van der Waals surface area contributed by atoms with E-state index >= 15 is 0 Å². The third kappa shape index (κ3) is 2.22. The van der Waals surface area contributed by atoms with Crippen molar-refractivity contribution in [2.75, 3.05) is 0 Å². The highest BCUT2D eigenvalue weighted by Gasteiger charge is 2.19. The van der Waals surface area contributed by atoms with Crippen molar-refractivity contribution in [3.8, 4) is 0 Å². The molecule has 20 heavy (non-hydrogen) atoms. The molecule has 3 nitrogen and oxygen atoms in total. The molecule has 104 valence electrons. The summed E-state index contributed by atoms with van der Waals surface area (Å²) in [5, 5.41) is 1.70. The molecule has 0 aliphatic carbocycles. The summed E-state index contributed by atoms with van der Waals surface area (Å²) < 4.78 is 2.12. The quantitative estimate of drug-likeness (QED) is 0.647. The van der Waals surface area contributed by atoms with Gasteiger partial charge in [-0.1, -0.05) is 17.7 Å². The van der Waals surface area contributed by atoms with Crippen molar-refractivity contribution >= 4 is 45.6 Å². The molecule has 1 unspecified atom stereocenters. The van der Waals surface area contributed by atoms with Crippen molar-refractivity contribution in [3.63, 3.8) is 0 Å². The van der Waals surface area contributed by atoms with Crippen LogP contribution in [0.4, 0.5) is 0 Å². The van der Waals surface area contributed by atoms with Gasteiger partial charge in [0, 0.05) is 11.1 Å². The monoisotopic (exact) mass is 325 g/mol. The van der Waals surface area contributed by atoms with Crippen LogP contribution in [0.3, 0.4) is 0 Å². The van der Waals surface area contributed by atoms with E-state index in [4.69, 9.17) is 23.2 Å². The van der Waals surface area contributed by atoms with Crippen LogP contribution >= 0.6 is 34.5 Å². The fraction of sp³-hybridized carbons (Fsp3) is 0.286. The minimum atomic E-state index is 0.0888. The number of nitrogens with zero attached hydrogens (tertiary/aromatic N) is 3. The van der Waals surface area contributed by atoms with Crippen LogP contribution in [0, 0.1) is 6.92 Å². The Morgan fingerprint density at radius 1 is 1.40 bits per heavy atom. The van der Waals surface area contributed by atoms with E-state index in [1.165, 1.54) is 4.88 Å². The second-order valence-electron chi connectivity index (χ2n) is 4.62. The van der Waals surface area contributed by atoms with Gasteiger partial charge in [0.05, 0.1) is 22.5 Å². The molecular formula is C14H13Cl2N3S. The topological polar surface area (TPSA) is 30.7 Å². The summed E-state index contributed by atoms with van der Waals surface area (Å²) in [6.07, 6.45) is 1.89. The van der Waals surface area contributed by atoms with Crippen LogP contribution in [0.25, 0.3) is 11.0 Å². The number of thiazole rings is 1. The molecule has 0 saturated carbocycles. The molecule has 0 saturated heterocycles. The molecule has 0 radical (unpaired) electrons. The molecular weight excluding hydrogens is 313 g/mol. The zero-order valence-corrected chi connectivity index (χ0v) is 13.4. The molecule has 0 spiro atoms. The van der Waals surface area contributed by atoms with Crippen molar-refractivity contribution in [2.24, 2.45) is 0 Å². The molecule has 1 atom stereocenters. The number of imidazole rings is 1. The summed E-state index contributed by atoms with van der Waals surface area (Å²) in [5.74, 6) is 1.16. The van der Waals surface area contributed by atoms with Crippen LogP contribution in [-0.4, -0.2) is 14.5 Å². The van der Waals surface area contributed by atoms with Crippen LogP contribution < -0.4 is 0 Å². The first kappa shape index (κ1) is 13.9. The van der Waals surface area contributed by atoms with Gasteiger partial charge in [-0.25, -0.2) is 9.97 Å². The van der Waals surface area contributed by atoms with E-state index in [0.717, 1.165) is 21.9 Å². The summed E-state index contributed by atoms with van der Waals surface area (Å²) in [7, 11) is 0. The molecule has 0 aliphatic rings. The van der Waals surface area contributed by atoms with Gasteiger partial charge >= 0.3 is 0 Å². The van der Waals surface area contributed by atoms with Gasteiger partial charge in [0.15, 0.2) is 0 Å². The molecule has 0 amide bonds. The van der Waals surface area contributed by atoms with Crippen LogP contribution in [0.2, 0.25) is 5.02 Å². The van der Waals surface area contributed by atoms with Gasteiger partial charge in [-0.05, 0) is 26.0 Å². The lowest BCUT2D eigenvalue weighted by Gasteiger charge is -2.14. The van der Waals surface area contributed by atoms with Crippen molar-refractivity contribution < 1.29 is 0 Å². The minimum absolute atomic E-state index is 0.0888. The lowest BCUT2D eigenvalue weighted by atomic mass is 10.3. The minimum Gasteiger partial charge on any atom is -0.317 e. The number of benzene rings is 1. The normalized spacial score (nSPS) is 13.0. The number of hydrogen-bond acceptors (Lipinski definition) is 3. The maximum atomic E-state index is 6.22. The van der Waals surface area contributed by atoms with Gasteiger partial charge in [0.25, 0.3) is 0 Å². The number of rotatable bonds is 3. The first-order valence-electron chi connectivity index (χ1n) is 6.25. The highest BCUT2D eigenvalue weighted by Crippen LogP contribution is 2.31. The lowest BCUT2D eigenvalue weighted by Crippen LogP contribution is -2.09. The second-order valence-corrected chi connectivity index (χ2v) is 6.57. The van der Waals surface area contributed by atoms with E-state index in [9.17, 15) is 0 Å². The van der Waals surface area contributed by atoms with E-state index in [0.29, 0.717) is 10.9 Å². The Labute approximate surface area is 131 Å². The van der Waals surface area contributed by atoms with Gasteiger partial charge in [-0.2, -0.15) is 0 Å². The Bertz CT molecular complexity index is 763. The first-order valence-corrected chi connectivity index (χ1v) is 7.98. The lowest BCUT2D eigenvalue weighted by molar-refractivity contribution is 0.630. The average Bonchev–Trinajstić information content (AvgIpc) is 3.02.